The van der Waals surface area contributed by atoms with Gasteiger partial charge in [0, 0.05) is 12.8 Å². The Morgan fingerprint density at radius 3 is 1.95 bits per heavy atom. The Kier molecular flexibility index (Phi) is 26.4. The molecule has 0 spiro atoms. The van der Waals surface area contributed by atoms with E-state index in [4.69, 9.17) is 9.84 Å². The summed E-state index contributed by atoms with van der Waals surface area (Å²) < 4.78 is 5.81. The molecule has 1 amide bonds. The molecular formula is C32H57NO5. The van der Waals surface area contributed by atoms with E-state index < -0.39 is 5.97 Å². The first-order valence-corrected chi connectivity index (χ1v) is 15.5. The Labute approximate surface area is 233 Å². The van der Waals surface area contributed by atoms with E-state index in [2.05, 4.69) is 37.4 Å². The first-order valence-electron chi connectivity index (χ1n) is 15.5. The van der Waals surface area contributed by atoms with E-state index in [1.54, 1.807) is 0 Å². The van der Waals surface area contributed by atoms with Crippen molar-refractivity contribution in [3.05, 3.63) is 24.3 Å². The molecule has 0 aromatic rings. The normalized spacial score (nSPS) is 12.3. The lowest BCUT2D eigenvalue weighted by Crippen LogP contribution is -2.28. The number of allylic oxidation sites excluding steroid dienone is 3. The van der Waals surface area contributed by atoms with Crippen LogP contribution in [0.2, 0.25) is 0 Å². The second-order valence-electron chi connectivity index (χ2n) is 10.4. The van der Waals surface area contributed by atoms with Crippen molar-refractivity contribution in [2.24, 2.45) is 0 Å². The molecule has 220 valence electrons. The van der Waals surface area contributed by atoms with Gasteiger partial charge in [-0.05, 0) is 51.0 Å². The predicted octanol–water partition coefficient (Wildman–Crippen LogP) is 8.44. The maximum Gasteiger partial charge on any atom is 0.322 e. The van der Waals surface area contributed by atoms with Crippen LogP contribution in [0.1, 0.15) is 149 Å². The van der Waals surface area contributed by atoms with Gasteiger partial charge in [-0.2, -0.15) is 0 Å². The van der Waals surface area contributed by atoms with Crippen LogP contribution in [0.5, 0.6) is 0 Å². The number of unbranched alkanes of at least 4 members (excludes halogenated alkanes) is 14. The molecule has 1 atom stereocenters. The number of esters is 1. The number of aliphatic carboxylic acids is 1. The van der Waals surface area contributed by atoms with Gasteiger partial charge in [-0.3, -0.25) is 14.4 Å². The molecule has 0 heterocycles. The topological polar surface area (TPSA) is 92.7 Å². The highest BCUT2D eigenvalue weighted by atomic mass is 16.5. The fraction of sp³-hybridized carbons (Fsp3) is 0.781. The van der Waals surface area contributed by atoms with Gasteiger partial charge >= 0.3 is 11.9 Å². The summed E-state index contributed by atoms with van der Waals surface area (Å²) >= 11 is 0. The largest absolute Gasteiger partial charge is 0.480 e. The summed E-state index contributed by atoms with van der Waals surface area (Å²) in [4.78, 5) is 34.6. The van der Waals surface area contributed by atoms with E-state index >= 15 is 0 Å². The van der Waals surface area contributed by atoms with Crippen molar-refractivity contribution in [2.75, 3.05) is 6.54 Å². The Balaban J connectivity index is 4.29. The van der Waals surface area contributed by atoms with Crippen LogP contribution in [0.3, 0.4) is 0 Å². The lowest BCUT2D eigenvalue weighted by atomic mass is 10.1. The van der Waals surface area contributed by atoms with Crippen LogP contribution in [0.25, 0.3) is 0 Å². The molecule has 0 aromatic carbocycles. The van der Waals surface area contributed by atoms with Crippen molar-refractivity contribution in [1.29, 1.82) is 0 Å². The number of carbonyl (C=O) groups is 3. The Morgan fingerprint density at radius 2 is 1.29 bits per heavy atom. The number of hydrogen-bond acceptors (Lipinski definition) is 4. The molecule has 0 bridgehead atoms. The van der Waals surface area contributed by atoms with Crippen molar-refractivity contribution < 1.29 is 24.2 Å². The van der Waals surface area contributed by atoms with Crippen LogP contribution in [0, 0.1) is 0 Å². The summed E-state index contributed by atoms with van der Waals surface area (Å²) in [5.74, 6) is -1.36. The first kappa shape index (κ1) is 35.9. The van der Waals surface area contributed by atoms with Gasteiger partial charge < -0.3 is 15.2 Å². The maximum atomic E-state index is 12.5. The first-order chi connectivity index (χ1) is 18.5. The average molecular weight is 536 g/mol. The molecule has 0 aliphatic carbocycles. The standard InChI is InChI=1S/C32H57NO5/c1-3-5-7-9-11-13-15-17-23-27-32(37)38-29(24-20-16-14-12-10-8-6-4-2)25-21-18-19-22-26-30(34)33-28-31(35)36/h12,14,20,24,29H,3-11,13,15-19,21-23,25-28H2,1-2H3,(H,33,34)(H,35,36)/b14-12-,24-20-. The zero-order valence-electron chi connectivity index (χ0n) is 24.5. The molecule has 0 rings (SSSR count). The van der Waals surface area contributed by atoms with Gasteiger partial charge in [0.05, 0.1) is 0 Å². The van der Waals surface area contributed by atoms with Crippen molar-refractivity contribution in [2.45, 2.75) is 155 Å². The number of rotatable bonds is 27. The van der Waals surface area contributed by atoms with Crippen molar-refractivity contribution in [3.63, 3.8) is 0 Å². The van der Waals surface area contributed by atoms with Gasteiger partial charge in [0.15, 0.2) is 0 Å². The molecule has 6 heteroatoms. The minimum atomic E-state index is -1.03. The van der Waals surface area contributed by atoms with E-state index in [0.29, 0.717) is 12.8 Å². The highest BCUT2D eigenvalue weighted by molar-refractivity contribution is 5.80. The molecule has 0 aromatic heterocycles. The van der Waals surface area contributed by atoms with Gasteiger partial charge in [0.1, 0.15) is 12.6 Å². The lowest BCUT2D eigenvalue weighted by Gasteiger charge is -2.14. The predicted molar refractivity (Wildman–Crippen MR) is 157 cm³/mol. The summed E-state index contributed by atoms with van der Waals surface area (Å²) in [6.07, 6.45) is 30.2. The number of carboxylic acid groups (broad SMARTS) is 1. The Bertz CT molecular complexity index is 644. The van der Waals surface area contributed by atoms with Crippen LogP contribution in [0.15, 0.2) is 24.3 Å². The molecule has 0 aliphatic rings. The summed E-state index contributed by atoms with van der Waals surface area (Å²) in [5.41, 5.74) is 0. The number of amides is 1. The fourth-order valence-electron chi connectivity index (χ4n) is 4.28. The zero-order valence-corrected chi connectivity index (χ0v) is 24.5. The second kappa shape index (κ2) is 27.9. The number of hydrogen-bond donors (Lipinski definition) is 2. The quantitative estimate of drug-likeness (QED) is 0.0625. The third-order valence-electron chi connectivity index (χ3n) is 6.61. The SMILES string of the molecule is CCCCC/C=C\C/C=C\C(CCCCCCC(=O)NCC(=O)O)OC(=O)CCCCCCCCCCC. The highest BCUT2D eigenvalue weighted by Gasteiger charge is 2.11. The smallest absolute Gasteiger partial charge is 0.322 e. The third kappa shape index (κ3) is 26.9. The summed E-state index contributed by atoms with van der Waals surface area (Å²) in [5, 5.41) is 11.0. The van der Waals surface area contributed by atoms with Gasteiger partial charge in [-0.25, -0.2) is 0 Å². The van der Waals surface area contributed by atoms with Crippen LogP contribution >= 0.6 is 0 Å². The van der Waals surface area contributed by atoms with Crippen LogP contribution in [-0.4, -0.2) is 35.6 Å². The van der Waals surface area contributed by atoms with E-state index in [9.17, 15) is 14.4 Å². The molecule has 0 saturated carbocycles. The minimum absolute atomic E-state index is 0.104. The van der Waals surface area contributed by atoms with Crippen molar-refractivity contribution in [3.8, 4) is 0 Å². The van der Waals surface area contributed by atoms with Gasteiger partial charge in [-0.15, -0.1) is 0 Å². The number of carboxylic acids is 1. The zero-order chi connectivity index (χ0) is 28.1. The molecule has 0 radical (unpaired) electrons. The maximum absolute atomic E-state index is 12.5. The van der Waals surface area contributed by atoms with Crippen LogP contribution in [0.4, 0.5) is 0 Å². The molecule has 0 aliphatic heterocycles. The van der Waals surface area contributed by atoms with Gasteiger partial charge in [0.2, 0.25) is 5.91 Å². The molecule has 6 nitrogen and oxygen atoms in total. The second-order valence-corrected chi connectivity index (χ2v) is 10.4. The van der Waals surface area contributed by atoms with Crippen LogP contribution < -0.4 is 5.32 Å². The van der Waals surface area contributed by atoms with Crippen molar-refractivity contribution >= 4 is 17.8 Å². The number of nitrogens with one attached hydrogen (secondary N) is 1. The number of carbonyl (C=O) groups excluding carboxylic acids is 2. The van der Waals surface area contributed by atoms with E-state index in [-0.39, 0.29) is 24.5 Å². The molecule has 0 fully saturated rings. The molecule has 38 heavy (non-hydrogen) atoms. The summed E-state index contributed by atoms with van der Waals surface area (Å²) in [7, 11) is 0. The Hall–Kier alpha value is -2.11. The third-order valence-corrected chi connectivity index (χ3v) is 6.61. The average Bonchev–Trinajstić information content (AvgIpc) is 2.89. The van der Waals surface area contributed by atoms with E-state index in [1.807, 2.05) is 6.08 Å². The van der Waals surface area contributed by atoms with E-state index in [0.717, 1.165) is 57.8 Å². The van der Waals surface area contributed by atoms with Gasteiger partial charge in [0.25, 0.3) is 0 Å². The van der Waals surface area contributed by atoms with Gasteiger partial charge in [-0.1, -0.05) is 109 Å². The molecule has 0 saturated heterocycles. The lowest BCUT2D eigenvalue weighted by molar-refractivity contribution is -0.147. The van der Waals surface area contributed by atoms with Crippen molar-refractivity contribution in [1.82, 2.24) is 5.32 Å². The minimum Gasteiger partial charge on any atom is -0.480 e. The summed E-state index contributed by atoms with van der Waals surface area (Å²) in [6, 6.07) is 0. The van der Waals surface area contributed by atoms with Crippen LogP contribution in [-0.2, 0) is 19.1 Å². The highest BCUT2D eigenvalue weighted by Crippen LogP contribution is 2.14. The van der Waals surface area contributed by atoms with E-state index in [1.165, 1.54) is 64.2 Å². The summed E-state index contributed by atoms with van der Waals surface area (Å²) in [6.45, 7) is 4.12. The fourth-order valence-corrected chi connectivity index (χ4v) is 4.28. The molecular weight excluding hydrogens is 478 g/mol. The monoisotopic (exact) mass is 535 g/mol. The number of ether oxygens (including phenoxy) is 1. The Morgan fingerprint density at radius 1 is 0.711 bits per heavy atom. The molecule has 2 N–H and O–H groups in total. The molecule has 1 unspecified atom stereocenters.